The third-order valence-electron chi connectivity index (χ3n) is 6.15. The molecule has 6 rings (SSSR count). The van der Waals surface area contributed by atoms with E-state index in [0.717, 1.165) is 68.4 Å². The number of piperazine rings is 2. The lowest BCUT2D eigenvalue weighted by atomic mass is 10.2. The highest BCUT2D eigenvalue weighted by Crippen LogP contribution is 2.31. The van der Waals surface area contributed by atoms with Crippen molar-refractivity contribution in [2.24, 2.45) is 0 Å². The molecule has 1 unspecified atom stereocenters. The Labute approximate surface area is 179 Å². The summed E-state index contributed by atoms with van der Waals surface area (Å²) in [6.45, 7) is 6.51. The van der Waals surface area contributed by atoms with E-state index < -0.39 is 0 Å². The van der Waals surface area contributed by atoms with Crippen LogP contribution in [0.5, 0.6) is 0 Å². The summed E-state index contributed by atoms with van der Waals surface area (Å²) in [6.07, 6.45) is 0.218. The minimum absolute atomic E-state index is 0.218. The normalized spacial score (nSPS) is 21.0. The van der Waals surface area contributed by atoms with Crippen LogP contribution >= 0.6 is 11.5 Å². The molecule has 2 saturated heterocycles. The molecular weight excluding hydrogens is 396 g/mol. The predicted octanol–water partition coefficient (Wildman–Crippen LogP) is 3.01. The average Bonchev–Trinajstić information content (AvgIpc) is 3.44. The highest BCUT2D eigenvalue weighted by atomic mass is 32.1. The van der Waals surface area contributed by atoms with Crippen LogP contribution in [0.1, 0.15) is 0 Å². The van der Waals surface area contributed by atoms with E-state index in [1.54, 1.807) is 11.5 Å². The first kappa shape index (κ1) is 18.1. The molecule has 2 aromatic carbocycles. The lowest BCUT2D eigenvalue weighted by molar-refractivity contribution is 0.145. The van der Waals surface area contributed by atoms with Gasteiger partial charge >= 0.3 is 0 Å². The third-order valence-corrected chi connectivity index (χ3v) is 6.96. The summed E-state index contributed by atoms with van der Waals surface area (Å²) in [6, 6.07) is 16.6. The van der Waals surface area contributed by atoms with E-state index in [9.17, 15) is 0 Å². The van der Waals surface area contributed by atoms with Crippen LogP contribution in [0, 0.1) is 0 Å². The van der Waals surface area contributed by atoms with Gasteiger partial charge in [-0.2, -0.15) is 4.37 Å². The zero-order valence-electron chi connectivity index (χ0n) is 16.6. The summed E-state index contributed by atoms with van der Waals surface area (Å²) in [4.78, 5) is 7.24. The molecule has 30 heavy (non-hydrogen) atoms. The van der Waals surface area contributed by atoms with Crippen LogP contribution in [-0.4, -0.2) is 66.4 Å². The quantitative estimate of drug-likeness (QED) is 0.509. The highest BCUT2D eigenvalue weighted by Gasteiger charge is 2.31. The summed E-state index contributed by atoms with van der Waals surface area (Å²) in [5.74, 6) is 2.07. The Bertz CT molecular complexity index is 1160. The molecule has 0 spiro atoms. The largest absolute Gasteiger partial charge is 0.354 e. The van der Waals surface area contributed by atoms with Gasteiger partial charge < -0.3 is 14.3 Å². The van der Waals surface area contributed by atoms with Crippen molar-refractivity contribution in [1.82, 2.24) is 19.7 Å². The summed E-state index contributed by atoms with van der Waals surface area (Å²) in [7, 11) is 0. The van der Waals surface area contributed by atoms with E-state index in [1.807, 2.05) is 18.2 Å². The average molecular weight is 420 g/mol. The van der Waals surface area contributed by atoms with Crippen molar-refractivity contribution in [3.63, 3.8) is 0 Å². The molecule has 1 radical (unpaired) electrons. The number of benzene rings is 2. The van der Waals surface area contributed by atoms with E-state index in [1.165, 1.54) is 10.1 Å². The molecule has 2 aliphatic heterocycles. The molecule has 4 heterocycles. The Kier molecular flexibility index (Phi) is 4.55. The molecule has 2 fully saturated rings. The number of para-hydroxylation sites is 1. The summed E-state index contributed by atoms with van der Waals surface area (Å²) in [5, 5.41) is 11.6. The summed E-state index contributed by atoms with van der Waals surface area (Å²) >= 11 is 1.59. The number of anilines is 2. The van der Waals surface area contributed by atoms with Gasteiger partial charge in [0.15, 0.2) is 11.4 Å². The fraction of sp³-hybridized carbons (Fsp3) is 0.364. The van der Waals surface area contributed by atoms with Gasteiger partial charge in [-0.3, -0.25) is 4.90 Å². The van der Waals surface area contributed by atoms with Crippen molar-refractivity contribution in [2.75, 3.05) is 55.6 Å². The first-order chi connectivity index (χ1) is 14.9. The Balaban J connectivity index is 1.14. The Morgan fingerprint density at radius 1 is 0.833 bits per heavy atom. The molecule has 2 aromatic heterocycles. The zero-order chi connectivity index (χ0) is 19.9. The van der Waals surface area contributed by atoms with Crippen molar-refractivity contribution in [2.45, 2.75) is 6.17 Å². The smallest absolute Gasteiger partial charge is 0.180 e. The Hall–Kier alpha value is -2.68. The second-order valence-corrected chi connectivity index (χ2v) is 8.67. The highest BCUT2D eigenvalue weighted by molar-refractivity contribution is 7.13. The second kappa shape index (κ2) is 7.54. The van der Waals surface area contributed by atoms with Gasteiger partial charge in [-0.15, -0.1) is 0 Å². The first-order valence-corrected chi connectivity index (χ1v) is 11.2. The van der Waals surface area contributed by atoms with E-state index in [-0.39, 0.29) is 6.17 Å². The maximum absolute atomic E-state index is 5.50. The van der Waals surface area contributed by atoms with E-state index in [4.69, 9.17) is 14.2 Å². The minimum Gasteiger partial charge on any atom is -0.354 e. The third kappa shape index (κ3) is 3.12. The van der Waals surface area contributed by atoms with Crippen molar-refractivity contribution < 1.29 is 4.52 Å². The Morgan fingerprint density at radius 2 is 1.63 bits per heavy atom. The van der Waals surface area contributed by atoms with Gasteiger partial charge in [0.05, 0.1) is 16.3 Å². The van der Waals surface area contributed by atoms with Gasteiger partial charge in [-0.05, 0) is 35.8 Å². The van der Waals surface area contributed by atoms with Crippen molar-refractivity contribution in [3.8, 4) is 0 Å². The molecule has 0 bridgehead atoms. The topological polar surface area (TPSA) is 62.7 Å². The molecule has 4 aromatic rings. The van der Waals surface area contributed by atoms with Gasteiger partial charge in [0.25, 0.3) is 0 Å². The molecular formula is C22H23N6OS. The standard InChI is InChI=1S/C22H23N6OS/c1-3-7-18-16(5-1)21(24-29-18)27-13-11-26(12-14-27)20-15-28(10-9-23-20)22-17-6-2-4-8-19(17)30-25-22/h1-8,20H,9-15H2. The van der Waals surface area contributed by atoms with Crippen molar-refractivity contribution in [1.29, 1.82) is 0 Å². The molecule has 2 aliphatic rings. The van der Waals surface area contributed by atoms with Crippen molar-refractivity contribution >= 4 is 44.2 Å². The Morgan fingerprint density at radius 3 is 2.53 bits per heavy atom. The number of aromatic nitrogens is 2. The van der Waals surface area contributed by atoms with Crippen LogP contribution in [0.4, 0.5) is 11.6 Å². The van der Waals surface area contributed by atoms with Gasteiger partial charge in [-0.25, -0.2) is 5.32 Å². The van der Waals surface area contributed by atoms with E-state index in [0.29, 0.717) is 0 Å². The van der Waals surface area contributed by atoms with Crippen LogP contribution in [-0.2, 0) is 0 Å². The maximum atomic E-state index is 5.50. The van der Waals surface area contributed by atoms with Crippen LogP contribution in [0.3, 0.4) is 0 Å². The van der Waals surface area contributed by atoms with Gasteiger partial charge in [0.2, 0.25) is 0 Å². The van der Waals surface area contributed by atoms with Crippen LogP contribution in [0.15, 0.2) is 53.1 Å². The molecule has 8 heteroatoms. The minimum atomic E-state index is 0.218. The number of hydrogen-bond donors (Lipinski definition) is 0. The second-order valence-electron chi connectivity index (χ2n) is 7.86. The fourth-order valence-corrected chi connectivity index (χ4v) is 5.33. The SMILES string of the molecule is c1ccc2c(N3CCN(C4CN(c5nsc6ccccc56)CC[N]4)CC3)noc2c1. The van der Waals surface area contributed by atoms with Gasteiger partial charge in [0.1, 0.15) is 5.82 Å². The van der Waals surface area contributed by atoms with E-state index in [2.05, 4.69) is 50.2 Å². The zero-order valence-corrected chi connectivity index (χ0v) is 17.5. The molecule has 0 saturated carbocycles. The lowest BCUT2D eigenvalue weighted by Gasteiger charge is -2.43. The lowest BCUT2D eigenvalue weighted by Crippen LogP contribution is -2.60. The van der Waals surface area contributed by atoms with Gasteiger partial charge in [-0.1, -0.05) is 29.4 Å². The monoisotopic (exact) mass is 419 g/mol. The number of hydrogen-bond acceptors (Lipinski definition) is 7. The molecule has 153 valence electrons. The fourth-order valence-electron chi connectivity index (χ4n) is 4.53. The number of nitrogens with zero attached hydrogens (tertiary/aromatic N) is 6. The first-order valence-electron chi connectivity index (χ1n) is 10.5. The molecule has 0 aliphatic carbocycles. The molecule has 7 nitrogen and oxygen atoms in total. The number of fused-ring (bicyclic) bond motifs is 2. The molecule has 0 N–H and O–H groups in total. The summed E-state index contributed by atoms with van der Waals surface area (Å²) < 4.78 is 11.5. The van der Waals surface area contributed by atoms with Crippen molar-refractivity contribution in [3.05, 3.63) is 48.5 Å². The maximum Gasteiger partial charge on any atom is 0.180 e. The van der Waals surface area contributed by atoms with E-state index >= 15 is 0 Å². The number of rotatable bonds is 3. The molecule has 1 atom stereocenters. The predicted molar refractivity (Wildman–Crippen MR) is 120 cm³/mol. The molecule has 0 amide bonds. The van der Waals surface area contributed by atoms with Crippen LogP contribution in [0.2, 0.25) is 0 Å². The summed E-state index contributed by atoms with van der Waals surface area (Å²) in [5.41, 5.74) is 0.850. The van der Waals surface area contributed by atoms with Gasteiger partial charge in [0, 0.05) is 51.2 Å². The van der Waals surface area contributed by atoms with Crippen LogP contribution in [0.25, 0.3) is 21.1 Å². The van der Waals surface area contributed by atoms with Crippen LogP contribution < -0.4 is 15.1 Å².